The number of aromatic nitrogens is 3. The number of methoxy groups -OCH3 is 1. The highest BCUT2D eigenvalue weighted by atomic mass is 32.2. The highest BCUT2D eigenvalue weighted by molar-refractivity contribution is 8.14. The number of carbonyl (C=O) groups is 2. The zero-order chi connectivity index (χ0) is 19.1. The SMILES string of the molecule is COc1cc2c(cc1Nc1ncnc3sc(C(=O)N(C)C)nc13)SC(=O)C2. The Morgan fingerprint density at radius 1 is 1.30 bits per heavy atom. The van der Waals surface area contributed by atoms with Crippen LogP contribution in [0, 0.1) is 0 Å². The van der Waals surface area contributed by atoms with Gasteiger partial charge in [-0.1, -0.05) is 23.1 Å². The lowest BCUT2D eigenvalue weighted by atomic mass is 10.1. The third-order valence-corrected chi connectivity index (χ3v) is 5.90. The molecule has 0 fully saturated rings. The number of anilines is 2. The van der Waals surface area contributed by atoms with Crippen LogP contribution in [-0.2, 0) is 11.2 Å². The van der Waals surface area contributed by atoms with Crippen LogP contribution in [0.5, 0.6) is 5.75 Å². The first kappa shape index (κ1) is 17.7. The van der Waals surface area contributed by atoms with E-state index in [0.717, 1.165) is 10.5 Å². The molecule has 0 aliphatic carbocycles. The van der Waals surface area contributed by atoms with E-state index in [1.807, 2.05) is 12.1 Å². The summed E-state index contributed by atoms with van der Waals surface area (Å²) < 4.78 is 5.46. The van der Waals surface area contributed by atoms with Crippen molar-refractivity contribution in [1.82, 2.24) is 19.9 Å². The van der Waals surface area contributed by atoms with Gasteiger partial charge in [-0.3, -0.25) is 9.59 Å². The van der Waals surface area contributed by atoms with Gasteiger partial charge in [-0.25, -0.2) is 15.0 Å². The standard InChI is InChI=1S/C17H15N5O3S2/c1-22(2)17(24)16-21-13-14(18-7-19-15(13)27-16)20-9-6-11-8(4-10(9)25-3)5-12(23)26-11/h4,6-7H,5H2,1-3H3,(H,18,19,20). The summed E-state index contributed by atoms with van der Waals surface area (Å²) in [5, 5.41) is 3.67. The number of nitrogens with zero attached hydrogens (tertiary/aromatic N) is 4. The number of hydrogen-bond donors (Lipinski definition) is 1. The number of benzene rings is 1. The Hall–Kier alpha value is -2.72. The van der Waals surface area contributed by atoms with Crippen LogP contribution in [0.4, 0.5) is 11.5 Å². The number of thioether (sulfide) groups is 1. The molecule has 4 rings (SSSR count). The predicted molar refractivity (Wildman–Crippen MR) is 104 cm³/mol. The van der Waals surface area contributed by atoms with E-state index in [2.05, 4.69) is 20.3 Å². The molecule has 138 valence electrons. The van der Waals surface area contributed by atoms with E-state index in [0.29, 0.717) is 39.0 Å². The van der Waals surface area contributed by atoms with Gasteiger partial charge in [0, 0.05) is 25.4 Å². The van der Waals surface area contributed by atoms with Crippen LogP contribution < -0.4 is 10.1 Å². The molecule has 1 amide bonds. The molecule has 1 N–H and O–H groups in total. The van der Waals surface area contributed by atoms with Gasteiger partial charge in [0.25, 0.3) is 5.91 Å². The molecule has 27 heavy (non-hydrogen) atoms. The summed E-state index contributed by atoms with van der Waals surface area (Å²) in [4.78, 5) is 39.8. The van der Waals surface area contributed by atoms with Gasteiger partial charge in [-0.2, -0.15) is 0 Å². The normalized spacial score (nSPS) is 12.9. The summed E-state index contributed by atoms with van der Waals surface area (Å²) in [6.07, 6.45) is 1.82. The number of rotatable bonds is 4. The van der Waals surface area contributed by atoms with E-state index >= 15 is 0 Å². The van der Waals surface area contributed by atoms with Gasteiger partial charge in [0.2, 0.25) is 0 Å². The first-order valence-electron chi connectivity index (χ1n) is 7.98. The lowest BCUT2D eigenvalue weighted by molar-refractivity contribution is -0.110. The summed E-state index contributed by atoms with van der Waals surface area (Å²) >= 11 is 2.43. The zero-order valence-electron chi connectivity index (χ0n) is 14.8. The van der Waals surface area contributed by atoms with Crippen molar-refractivity contribution in [3.8, 4) is 5.75 Å². The zero-order valence-corrected chi connectivity index (χ0v) is 16.4. The van der Waals surface area contributed by atoms with E-state index in [-0.39, 0.29) is 11.0 Å². The fourth-order valence-electron chi connectivity index (χ4n) is 2.67. The molecule has 0 unspecified atom stereocenters. The molecule has 0 saturated heterocycles. The average Bonchev–Trinajstić information content (AvgIpc) is 3.23. The fraction of sp³-hybridized carbons (Fsp3) is 0.235. The number of thiazole rings is 1. The van der Waals surface area contributed by atoms with Gasteiger partial charge < -0.3 is 15.0 Å². The van der Waals surface area contributed by atoms with E-state index < -0.39 is 0 Å². The molecule has 0 atom stereocenters. The molecule has 0 bridgehead atoms. The van der Waals surface area contributed by atoms with E-state index in [4.69, 9.17) is 4.74 Å². The Labute approximate surface area is 163 Å². The van der Waals surface area contributed by atoms with Crippen LogP contribution in [0.1, 0.15) is 15.4 Å². The van der Waals surface area contributed by atoms with Gasteiger partial charge in [-0.05, 0) is 17.7 Å². The minimum absolute atomic E-state index is 0.111. The van der Waals surface area contributed by atoms with Crippen molar-refractivity contribution in [2.75, 3.05) is 26.5 Å². The van der Waals surface area contributed by atoms with E-state index in [1.165, 1.54) is 34.3 Å². The third kappa shape index (κ3) is 3.21. The van der Waals surface area contributed by atoms with Gasteiger partial charge in [0.1, 0.15) is 22.4 Å². The molecule has 1 aliphatic rings. The second kappa shape index (κ2) is 6.78. The van der Waals surface area contributed by atoms with Crippen molar-refractivity contribution in [3.63, 3.8) is 0 Å². The lowest BCUT2D eigenvalue weighted by Gasteiger charge is -2.12. The molecular formula is C17H15N5O3S2. The lowest BCUT2D eigenvalue weighted by Crippen LogP contribution is -2.21. The highest BCUT2D eigenvalue weighted by Crippen LogP contribution is 2.40. The summed E-state index contributed by atoms with van der Waals surface area (Å²) in [6, 6.07) is 3.73. The summed E-state index contributed by atoms with van der Waals surface area (Å²) in [5.41, 5.74) is 2.14. The Kier molecular flexibility index (Phi) is 4.44. The third-order valence-electron chi connectivity index (χ3n) is 3.98. The maximum absolute atomic E-state index is 12.2. The smallest absolute Gasteiger partial charge is 0.282 e. The number of carbonyl (C=O) groups excluding carboxylic acids is 2. The van der Waals surface area contributed by atoms with Crippen molar-refractivity contribution in [1.29, 1.82) is 0 Å². The van der Waals surface area contributed by atoms with Gasteiger partial charge in [-0.15, -0.1) is 0 Å². The van der Waals surface area contributed by atoms with Crippen LogP contribution in [-0.4, -0.2) is 52.1 Å². The van der Waals surface area contributed by atoms with Crippen molar-refractivity contribution in [2.24, 2.45) is 0 Å². The Balaban J connectivity index is 1.75. The molecule has 0 saturated carbocycles. The van der Waals surface area contributed by atoms with Crippen molar-refractivity contribution < 1.29 is 14.3 Å². The molecule has 10 heteroatoms. The summed E-state index contributed by atoms with van der Waals surface area (Å²) in [7, 11) is 4.92. The van der Waals surface area contributed by atoms with Crippen molar-refractivity contribution >= 4 is 56.0 Å². The van der Waals surface area contributed by atoms with Crippen LogP contribution in [0.2, 0.25) is 0 Å². The monoisotopic (exact) mass is 401 g/mol. The molecule has 3 aromatic rings. The van der Waals surface area contributed by atoms with Crippen LogP contribution in [0.25, 0.3) is 10.3 Å². The molecule has 2 aromatic heterocycles. The molecule has 0 radical (unpaired) electrons. The average molecular weight is 401 g/mol. The number of amides is 1. The van der Waals surface area contributed by atoms with Crippen LogP contribution in [0.15, 0.2) is 23.4 Å². The number of nitrogens with one attached hydrogen (secondary N) is 1. The molecule has 1 aliphatic heterocycles. The number of fused-ring (bicyclic) bond motifs is 2. The Bertz CT molecular complexity index is 1080. The van der Waals surface area contributed by atoms with Gasteiger partial charge in [0.05, 0.1) is 12.8 Å². The molecule has 8 nitrogen and oxygen atoms in total. The van der Waals surface area contributed by atoms with Crippen molar-refractivity contribution in [2.45, 2.75) is 11.3 Å². The minimum Gasteiger partial charge on any atom is -0.495 e. The second-order valence-electron chi connectivity index (χ2n) is 6.03. The maximum atomic E-state index is 12.2. The summed E-state index contributed by atoms with van der Waals surface area (Å²) in [6.45, 7) is 0. The first-order valence-corrected chi connectivity index (χ1v) is 9.61. The molecule has 0 spiro atoms. The highest BCUT2D eigenvalue weighted by Gasteiger charge is 2.23. The van der Waals surface area contributed by atoms with Crippen LogP contribution in [0.3, 0.4) is 0 Å². The van der Waals surface area contributed by atoms with E-state index in [1.54, 1.807) is 21.2 Å². The maximum Gasteiger partial charge on any atom is 0.282 e. The fourth-order valence-corrected chi connectivity index (χ4v) is 4.51. The van der Waals surface area contributed by atoms with Crippen LogP contribution >= 0.6 is 23.1 Å². The Morgan fingerprint density at radius 3 is 2.85 bits per heavy atom. The van der Waals surface area contributed by atoms with Gasteiger partial charge >= 0.3 is 0 Å². The largest absolute Gasteiger partial charge is 0.495 e. The van der Waals surface area contributed by atoms with E-state index in [9.17, 15) is 9.59 Å². The minimum atomic E-state index is -0.186. The van der Waals surface area contributed by atoms with Crippen molar-refractivity contribution in [3.05, 3.63) is 29.0 Å². The van der Waals surface area contributed by atoms with Gasteiger partial charge in [0.15, 0.2) is 15.9 Å². The topological polar surface area (TPSA) is 97.3 Å². The Morgan fingerprint density at radius 2 is 2.11 bits per heavy atom. The molecule has 1 aromatic carbocycles. The summed E-state index contributed by atoms with van der Waals surface area (Å²) in [5.74, 6) is 0.895. The quantitative estimate of drug-likeness (QED) is 0.713. The molecular weight excluding hydrogens is 386 g/mol. The first-order chi connectivity index (χ1) is 13.0. The molecule has 3 heterocycles. The second-order valence-corrected chi connectivity index (χ2v) is 8.11. The number of ether oxygens (including phenoxy) is 1. The number of hydrogen-bond acceptors (Lipinski definition) is 9. The predicted octanol–water partition coefficient (Wildman–Crippen LogP) is 2.72.